The van der Waals surface area contributed by atoms with Crippen LogP contribution in [0.25, 0.3) is 0 Å². The SMILES string of the molecule is NCC(Oc1ccccc1Cl)c1ccccn1. The molecule has 0 radical (unpaired) electrons. The maximum absolute atomic E-state index is 6.03. The normalized spacial score (nSPS) is 12.1. The van der Waals surface area contributed by atoms with Crippen molar-refractivity contribution >= 4 is 11.6 Å². The van der Waals surface area contributed by atoms with Gasteiger partial charge < -0.3 is 10.5 Å². The molecule has 0 bridgehead atoms. The smallest absolute Gasteiger partial charge is 0.153 e. The molecule has 0 aliphatic heterocycles. The number of aromatic nitrogens is 1. The van der Waals surface area contributed by atoms with Crippen LogP contribution in [0.5, 0.6) is 5.75 Å². The third kappa shape index (κ3) is 2.96. The minimum absolute atomic E-state index is 0.281. The van der Waals surface area contributed by atoms with Crippen molar-refractivity contribution in [2.45, 2.75) is 6.10 Å². The number of nitrogens with two attached hydrogens (primary N) is 1. The van der Waals surface area contributed by atoms with E-state index in [1.807, 2.05) is 36.4 Å². The molecule has 0 amide bonds. The zero-order chi connectivity index (χ0) is 12.1. The summed E-state index contributed by atoms with van der Waals surface area (Å²) in [7, 11) is 0. The van der Waals surface area contributed by atoms with E-state index in [9.17, 15) is 0 Å². The van der Waals surface area contributed by atoms with Crippen molar-refractivity contribution in [3.05, 3.63) is 59.4 Å². The van der Waals surface area contributed by atoms with E-state index in [4.69, 9.17) is 22.1 Å². The van der Waals surface area contributed by atoms with E-state index in [0.29, 0.717) is 17.3 Å². The summed E-state index contributed by atoms with van der Waals surface area (Å²) in [5.74, 6) is 0.621. The molecule has 1 unspecified atom stereocenters. The second-order valence-electron chi connectivity index (χ2n) is 3.53. The molecule has 0 aliphatic rings. The quantitative estimate of drug-likeness (QED) is 0.905. The predicted molar refractivity (Wildman–Crippen MR) is 68.1 cm³/mol. The Kier molecular flexibility index (Phi) is 3.96. The van der Waals surface area contributed by atoms with Crippen molar-refractivity contribution in [1.29, 1.82) is 0 Å². The first-order valence-electron chi connectivity index (χ1n) is 5.33. The first-order chi connectivity index (χ1) is 8.31. The summed E-state index contributed by atoms with van der Waals surface area (Å²) in [6.45, 7) is 0.349. The van der Waals surface area contributed by atoms with Crippen LogP contribution in [-0.4, -0.2) is 11.5 Å². The number of rotatable bonds is 4. The maximum Gasteiger partial charge on any atom is 0.153 e. The van der Waals surface area contributed by atoms with Crippen LogP contribution in [0.4, 0.5) is 0 Å². The number of pyridine rings is 1. The van der Waals surface area contributed by atoms with E-state index in [-0.39, 0.29) is 6.10 Å². The zero-order valence-corrected chi connectivity index (χ0v) is 9.97. The van der Waals surface area contributed by atoms with Gasteiger partial charge in [-0.1, -0.05) is 29.8 Å². The first-order valence-corrected chi connectivity index (χ1v) is 5.71. The third-order valence-electron chi connectivity index (χ3n) is 2.34. The molecule has 88 valence electrons. The lowest BCUT2D eigenvalue weighted by atomic mass is 10.2. The van der Waals surface area contributed by atoms with Gasteiger partial charge in [0, 0.05) is 12.7 Å². The minimum atomic E-state index is -0.281. The van der Waals surface area contributed by atoms with Crippen LogP contribution in [0.2, 0.25) is 5.02 Å². The average Bonchev–Trinajstić information content (AvgIpc) is 2.39. The molecule has 0 fully saturated rings. The highest BCUT2D eigenvalue weighted by Gasteiger charge is 2.13. The van der Waals surface area contributed by atoms with Crippen LogP contribution in [-0.2, 0) is 0 Å². The summed E-state index contributed by atoms with van der Waals surface area (Å²) >= 11 is 6.03. The van der Waals surface area contributed by atoms with Crippen molar-refractivity contribution in [2.24, 2.45) is 5.73 Å². The molecule has 1 heterocycles. The molecule has 1 aromatic heterocycles. The topological polar surface area (TPSA) is 48.1 Å². The fraction of sp³-hybridized carbons (Fsp3) is 0.154. The Hall–Kier alpha value is -1.58. The van der Waals surface area contributed by atoms with E-state index in [1.54, 1.807) is 12.3 Å². The van der Waals surface area contributed by atoms with Crippen molar-refractivity contribution in [3.63, 3.8) is 0 Å². The van der Waals surface area contributed by atoms with Crippen LogP contribution in [0.15, 0.2) is 48.7 Å². The van der Waals surface area contributed by atoms with Crippen molar-refractivity contribution in [2.75, 3.05) is 6.54 Å². The van der Waals surface area contributed by atoms with Gasteiger partial charge in [0.1, 0.15) is 5.75 Å². The lowest BCUT2D eigenvalue weighted by Crippen LogP contribution is -2.19. The van der Waals surface area contributed by atoms with Crippen LogP contribution in [0.1, 0.15) is 11.8 Å². The molecular formula is C13H13ClN2O. The lowest BCUT2D eigenvalue weighted by molar-refractivity contribution is 0.209. The molecule has 17 heavy (non-hydrogen) atoms. The monoisotopic (exact) mass is 248 g/mol. The van der Waals surface area contributed by atoms with Gasteiger partial charge in [-0.15, -0.1) is 0 Å². The Morgan fingerprint density at radius 3 is 2.59 bits per heavy atom. The highest BCUT2D eigenvalue weighted by atomic mass is 35.5. The summed E-state index contributed by atoms with van der Waals surface area (Å²) in [6.07, 6.45) is 1.43. The number of nitrogens with zero attached hydrogens (tertiary/aromatic N) is 1. The summed E-state index contributed by atoms with van der Waals surface area (Å²) in [5.41, 5.74) is 6.50. The minimum Gasteiger partial charge on any atom is -0.481 e. The summed E-state index contributed by atoms with van der Waals surface area (Å²) in [5, 5.41) is 0.571. The van der Waals surface area contributed by atoms with E-state index in [1.165, 1.54) is 0 Å². The van der Waals surface area contributed by atoms with Gasteiger partial charge in [-0.05, 0) is 24.3 Å². The van der Waals surface area contributed by atoms with Gasteiger partial charge in [-0.2, -0.15) is 0 Å². The van der Waals surface area contributed by atoms with Gasteiger partial charge in [0.25, 0.3) is 0 Å². The predicted octanol–water partition coefficient (Wildman–Crippen LogP) is 2.81. The Bertz CT molecular complexity index is 476. The molecule has 2 N–H and O–H groups in total. The van der Waals surface area contributed by atoms with Gasteiger partial charge in [-0.3, -0.25) is 4.98 Å². The number of halogens is 1. The molecular weight excluding hydrogens is 236 g/mol. The van der Waals surface area contributed by atoms with E-state index < -0.39 is 0 Å². The van der Waals surface area contributed by atoms with Gasteiger partial charge in [0.05, 0.1) is 10.7 Å². The van der Waals surface area contributed by atoms with Crippen LogP contribution >= 0.6 is 11.6 Å². The van der Waals surface area contributed by atoms with E-state index in [0.717, 1.165) is 5.69 Å². The molecule has 0 saturated carbocycles. The number of ether oxygens (including phenoxy) is 1. The second-order valence-corrected chi connectivity index (χ2v) is 3.93. The van der Waals surface area contributed by atoms with Crippen LogP contribution < -0.4 is 10.5 Å². The van der Waals surface area contributed by atoms with Gasteiger partial charge in [0.15, 0.2) is 6.10 Å². The number of hydrogen-bond acceptors (Lipinski definition) is 3. The number of para-hydroxylation sites is 1. The summed E-state index contributed by atoms with van der Waals surface area (Å²) in [6, 6.07) is 13.0. The van der Waals surface area contributed by atoms with Crippen LogP contribution in [0.3, 0.4) is 0 Å². The molecule has 0 aliphatic carbocycles. The fourth-order valence-corrected chi connectivity index (χ4v) is 1.67. The molecule has 0 spiro atoms. The number of benzene rings is 1. The van der Waals surface area contributed by atoms with E-state index in [2.05, 4.69) is 4.98 Å². The molecule has 4 heteroatoms. The maximum atomic E-state index is 6.03. The highest BCUT2D eigenvalue weighted by Crippen LogP contribution is 2.27. The molecule has 2 rings (SSSR count). The van der Waals surface area contributed by atoms with Gasteiger partial charge in [-0.25, -0.2) is 0 Å². The van der Waals surface area contributed by atoms with E-state index >= 15 is 0 Å². The van der Waals surface area contributed by atoms with Crippen molar-refractivity contribution in [3.8, 4) is 5.75 Å². The molecule has 3 nitrogen and oxygen atoms in total. The van der Waals surface area contributed by atoms with Crippen molar-refractivity contribution in [1.82, 2.24) is 4.98 Å². The zero-order valence-electron chi connectivity index (χ0n) is 9.21. The molecule has 0 saturated heterocycles. The van der Waals surface area contributed by atoms with Gasteiger partial charge >= 0.3 is 0 Å². The molecule has 2 aromatic rings. The Balaban J connectivity index is 2.19. The second kappa shape index (κ2) is 5.66. The Morgan fingerprint density at radius 1 is 1.18 bits per heavy atom. The largest absolute Gasteiger partial charge is 0.481 e. The summed E-state index contributed by atoms with van der Waals surface area (Å²) in [4.78, 5) is 4.23. The van der Waals surface area contributed by atoms with Gasteiger partial charge in [0.2, 0.25) is 0 Å². The highest BCUT2D eigenvalue weighted by molar-refractivity contribution is 6.32. The average molecular weight is 249 g/mol. The van der Waals surface area contributed by atoms with Crippen molar-refractivity contribution < 1.29 is 4.74 Å². The first kappa shape index (κ1) is 11.9. The Labute approximate surface area is 105 Å². The van der Waals surface area contributed by atoms with Crippen LogP contribution in [0, 0.1) is 0 Å². The third-order valence-corrected chi connectivity index (χ3v) is 2.65. The standard InChI is InChI=1S/C13H13ClN2O/c14-10-5-1-2-7-12(10)17-13(9-15)11-6-3-4-8-16-11/h1-8,13H,9,15H2. The lowest BCUT2D eigenvalue weighted by Gasteiger charge is -2.17. The molecule has 1 atom stereocenters. The Morgan fingerprint density at radius 2 is 1.94 bits per heavy atom. The molecule has 1 aromatic carbocycles. The summed E-state index contributed by atoms with van der Waals surface area (Å²) < 4.78 is 5.76. The fourth-order valence-electron chi connectivity index (χ4n) is 1.49. The number of hydrogen-bond donors (Lipinski definition) is 1.